The van der Waals surface area contributed by atoms with Gasteiger partial charge in [0.25, 0.3) is 0 Å². The minimum atomic E-state index is -3.87. The molecule has 1 heterocycles. The molecule has 2 aromatic rings. The first-order valence-corrected chi connectivity index (χ1v) is 9.45. The summed E-state index contributed by atoms with van der Waals surface area (Å²) in [6.07, 6.45) is 0. The van der Waals surface area contributed by atoms with Crippen molar-refractivity contribution in [1.82, 2.24) is 4.31 Å². The molecule has 2 aromatic carbocycles. The van der Waals surface area contributed by atoms with E-state index >= 15 is 0 Å². The number of hydrogen-bond acceptors (Lipinski definition) is 3. The van der Waals surface area contributed by atoms with Gasteiger partial charge in [0, 0.05) is 19.0 Å². The van der Waals surface area contributed by atoms with Crippen molar-refractivity contribution in [3.63, 3.8) is 0 Å². The van der Waals surface area contributed by atoms with Crippen LogP contribution in [0.5, 0.6) is 0 Å². The fourth-order valence-corrected chi connectivity index (χ4v) is 5.17. The molecule has 0 unspecified atom stereocenters. The zero-order valence-corrected chi connectivity index (χ0v) is 15.7. The van der Waals surface area contributed by atoms with E-state index in [9.17, 15) is 12.8 Å². The Morgan fingerprint density at radius 1 is 1.16 bits per heavy atom. The maximum atomic E-state index is 13.5. The first kappa shape index (κ1) is 20.1. The van der Waals surface area contributed by atoms with Crippen LogP contribution in [0.2, 0.25) is 5.02 Å². The molecule has 25 heavy (non-hydrogen) atoms. The minimum Gasteiger partial charge on any atom is -0.330 e. The highest BCUT2D eigenvalue weighted by Crippen LogP contribution is 2.36. The van der Waals surface area contributed by atoms with Gasteiger partial charge in [-0.1, -0.05) is 41.9 Å². The normalized spacial score (nSPS) is 21.1. The second-order valence-corrected chi connectivity index (χ2v) is 8.22. The summed E-state index contributed by atoms with van der Waals surface area (Å²) < 4.78 is 40.6. The van der Waals surface area contributed by atoms with Crippen LogP contribution in [0.4, 0.5) is 4.39 Å². The van der Waals surface area contributed by atoms with Crippen LogP contribution in [0.1, 0.15) is 11.5 Å². The number of nitrogens with two attached hydrogens (primary N) is 1. The average molecular weight is 405 g/mol. The van der Waals surface area contributed by atoms with E-state index in [4.69, 9.17) is 17.3 Å². The third-order valence-corrected chi connectivity index (χ3v) is 6.76. The van der Waals surface area contributed by atoms with Crippen LogP contribution in [-0.4, -0.2) is 32.4 Å². The average Bonchev–Trinajstić information content (AvgIpc) is 3.03. The van der Waals surface area contributed by atoms with Gasteiger partial charge in [-0.2, -0.15) is 4.31 Å². The summed E-state index contributed by atoms with van der Waals surface area (Å²) in [5.41, 5.74) is 6.90. The predicted octanol–water partition coefficient (Wildman–Crippen LogP) is 3.26. The molecule has 1 aliphatic heterocycles. The van der Waals surface area contributed by atoms with Crippen LogP contribution in [0.25, 0.3) is 0 Å². The molecule has 0 saturated carbocycles. The summed E-state index contributed by atoms with van der Waals surface area (Å²) in [5, 5.41) is 0.0175. The maximum absolute atomic E-state index is 13.5. The highest BCUT2D eigenvalue weighted by atomic mass is 35.5. The molecule has 1 saturated heterocycles. The van der Waals surface area contributed by atoms with Crippen molar-refractivity contribution in [2.24, 2.45) is 11.7 Å². The van der Waals surface area contributed by atoms with Gasteiger partial charge >= 0.3 is 0 Å². The number of rotatable bonds is 4. The number of halogens is 3. The largest absolute Gasteiger partial charge is 0.330 e. The fraction of sp³-hybridized carbons (Fsp3) is 0.294. The van der Waals surface area contributed by atoms with E-state index in [1.807, 2.05) is 30.3 Å². The van der Waals surface area contributed by atoms with E-state index in [0.717, 1.165) is 17.7 Å². The highest BCUT2D eigenvalue weighted by Gasteiger charge is 2.40. The van der Waals surface area contributed by atoms with Crippen LogP contribution in [0.15, 0.2) is 53.4 Å². The van der Waals surface area contributed by atoms with Crippen molar-refractivity contribution in [2.45, 2.75) is 10.8 Å². The van der Waals surface area contributed by atoms with Crippen LogP contribution >= 0.6 is 24.0 Å². The molecular weight excluding hydrogens is 386 g/mol. The molecular formula is C17H19Cl2FN2O2S. The van der Waals surface area contributed by atoms with Crippen molar-refractivity contribution in [3.05, 3.63) is 64.9 Å². The molecule has 0 spiro atoms. The lowest BCUT2D eigenvalue weighted by Crippen LogP contribution is -2.30. The first-order chi connectivity index (χ1) is 11.4. The van der Waals surface area contributed by atoms with E-state index < -0.39 is 15.8 Å². The number of hydrogen-bond donors (Lipinski definition) is 1. The van der Waals surface area contributed by atoms with Crippen molar-refractivity contribution < 1.29 is 12.8 Å². The Hall–Kier alpha value is -1.18. The molecule has 0 aliphatic carbocycles. The summed E-state index contributed by atoms with van der Waals surface area (Å²) in [6, 6.07) is 13.1. The highest BCUT2D eigenvalue weighted by molar-refractivity contribution is 7.89. The Morgan fingerprint density at radius 3 is 2.48 bits per heavy atom. The molecule has 3 rings (SSSR count). The molecule has 1 fully saturated rings. The quantitative estimate of drug-likeness (QED) is 0.850. The summed E-state index contributed by atoms with van der Waals surface area (Å²) >= 11 is 5.99. The third-order valence-electron chi connectivity index (χ3n) is 4.45. The topological polar surface area (TPSA) is 63.4 Å². The van der Waals surface area contributed by atoms with E-state index in [2.05, 4.69) is 0 Å². The zero-order chi connectivity index (χ0) is 17.3. The van der Waals surface area contributed by atoms with Crippen molar-refractivity contribution in [2.75, 3.05) is 19.6 Å². The third kappa shape index (κ3) is 3.99. The van der Waals surface area contributed by atoms with Gasteiger partial charge in [-0.25, -0.2) is 12.8 Å². The van der Waals surface area contributed by atoms with Gasteiger partial charge in [0.2, 0.25) is 10.0 Å². The second kappa shape index (κ2) is 8.01. The molecule has 136 valence electrons. The smallest absolute Gasteiger partial charge is 0.244 e. The van der Waals surface area contributed by atoms with Gasteiger partial charge in [-0.15, -0.1) is 12.4 Å². The van der Waals surface area contributed by atoms with Crippen molar-refractivity contribution in [1.29, 1.82) is 0 Å². The van der Waals surface area contributed by atoms with Gasteiger partial charge in [0.05, 0.1) is 5.02 Å². The van der Waals surface area contributed by atoms with Gasteiger partial charge in [0.15, 0.2) is 0 Å². The minimum absolute atomic E-state index is 0. The molecule has 0 bridgehead atoms. The number of nitrogens with zero attached hydrogens (tertiary/aromatic N) is 1. The Labute approximate surface area is 158 Å². The van der Waals surface area contributed by atoms with Gasteiger partial charge in [-0.05, 0) is 36.2 Å². The molecule has 0 amide bonds. The summed E-state index contributed by atoms with van der Waals surface area (Å²) in [7, 11) is -3.87. The molecule has 0 radical (unpaired) electrons. The fourth-order valence-electron chi connectivity index (χ4n) is 3.16. The monoisotopic (exact) mass is 404 g/mol. The Kier molecular flexibility index (Phi) is 6.45. The standard InChI is InChI=1S/C17H18ClFN2O2S.ClH/c18-16-7-6-14(19)8-17(16)24(22,23)21-10-13(9-20)15(11-21)12-4-2-1-3-5-12;/h1-8,13,15H,9-11,20H2;1H/t13-,15+;/m1./s1. The molecule has 2 atom stereocenters. The van der Waals surface area contributed by atoms with Crippen LogP contribution < -0.4 is 5.73 Å². The molecule has 0 aromatic heterocycles. The molecule has 1 aliphatic rings. The van der Waals surface area contributed by atoms with Crippen LogP contribution in [0, 0.1) is 11.7 Å². The van der Waals surface area contributed by atoms with E-state index in [1.54, 1.807) is 0 Å². The Bertz CT molecular complexity index is 834. The number of sulfonamides is 1. The zero-order valence-electron chi connectivity index (χ0n) is 13.3. The van der Waals surface area contributed by atoms with Crippen LogP contribution in [0.3, 0.4) is 0 Å². The number of benzene rings is 2. The van der Waals surface area contributed by atoms with E-state index in [0.29, 0.717) is 19.6 Å². The molecule has 2 N–H and O–H groups in total. The summed E-state index contributed by atoms with van der Waals surface area (Å²) in [5.74, 6) is -0.611. The van der Waals surface area contributed by atoms with Crippen LogP contribution in [-0.2, 0) is 10.0 Å². The lowest BCUT2D eigenvalue weighted by atomic mass is 9.89. The Morgan fingerprint density at radius 2 is 1.84 bits per heavy atom. The predicted molar refractivity (Wildman–Crippen MR) is 99.1 cm³/mol. The van der Waals surface area contributed by atoms with Crippen molar-refractivity contribution in [3.8, 4) is 0 Å². The summed E-state index contributed by atoms with van der Waals surface area (Å²) in [4.78, 5) is -0.200. The van der Waals surface area contributed by atoms with Gasteiger partial charge in [-0.3, -0.25) is 0 Å². The molecule has 4 nitrogen and oxygen atoms in total. The van der Waals surface area contributed by atoms with Gasteiger partial charge in [0.1, 0.15) is 10.7 Å². The van der Waals surface area contributed by atoms with Gasteiger partial charge < -0.3 is 5.73 Å². The van der Waals surface area contributed by atoms with Crippen molar-refractivity contribution >= 4 is 34.0 Å². The lowest BCUT2D eigenvalue weighted by molar-refractivity contribution is 0.458. The Balaban J connectivity index is 0.00000225. The molecule has 8 heteroatoms. The summed E-state index contributed by atoms with van der Waals surface area (Å²) in [6.45, 7) is 0.981. The van der Waals surface area contributed by atoms with E-state index in [-0.39, 0.29) is 34.2 Å². The van der Waals surface area contributed by atoms with E-state index in [1.165, 1.54) is 10.4 Å². The first-order valence-electron chi connectivity index (χ1n) is 7.63. The lowest BCUT2D eigenvalue weighted by Gasteiger charge is -2.17. The maximum Gasteiger partial charge on any atom is 0.244 e. The second-order valence-electron chi connectivity index (χ2n) is 5.91. The SMILES string of the molecule is Cl.NC[C@@H]1CN(S(=O)(=O)c2cc(F)ccc2Cl)C[C@H]1c1ccccc1.